The van der Waals surface area contributed by atoms with Crippen molar-refractivity contribution in [2.45, 2.75) is 15.6 Å². The number of hydrogen-bond acceptors (Lipinski definition) is 15. The highest BCUT2D eigenvalue weighted by molar-refractivity contribution is 8.06. The molecule has 0 aromatic carbocycles. The quantitative estimate of drug-likeness (QED) is 0.166. The molecular formula is C13H22N10S5. The third kappa shape index (κ3) is 8.98. The van der Waals surface area contributed by atoms with Crippen molar-refractivity contribution < 1.29 is 0 Å². The van der Waals surface area contributed by atoms with E-state index in [1.165, 1.54) is 23.5 Å². The number of rotatable bonds is 12. The summed E-state index contributed by atoms with van der Waals surface area (Å²) in [6.07, 6.45) is 0. The van der Waals surface area contributed by atoms with Crippen LogP contribution in [0.15, 0.2) is 10.3 Å². The van der Waals surface area contributed by atoms with E-state index in [0.717, 1.165) is 34.5 Å². The Hall–Kier alpha value is -1.03. The average molecular weight is 479 g/mol. The highest BCUT2D eigenvalue weighted by Gasteiger charge is 2.12. The van der Waals surface area contributed by atoms with Gasteiger partial charge in [-0.25, -0.2) is 0 Å². The van der Waals surface area contributed by atoms with Crippen molar-refractivity contribution in [3.8, 4) is 0 Å². The van der Waals surface area contributed by atoms with Crippen molar-refractivity contribution in [1.82, 2.24) is 29.9 Å². The maximum atomic E-state index is 5.62. The van der Waals surface area contributed by atoms with E-state index >= 15 is 0 Å². The minimum atomic E-state index is 0.139. The zero-order valence-corrected chi connectivity index (χ0v) is 19.1. The summed E-state index contributed by atoms with van der Waals surface area (Å²) in [7, 11) is 0. The molecule has 0 radical (unpaired) electrons. The van der Waals surface area contributed by atoms with Gasteiger partial charge in [-0.05, 0) is 5.75 Å². The lowest BCUT2D eigenvalue weighted by molar-refractivity contribution is 0.927. The molecule has 0 aliphatic carbocycles. The Morgan fingerprint density at radius 1 is 0.679 bits per heavy atom. The molecule has 10 nitrogen and oxygen atoms in total. The third-order valence-corrected chi connectivity index (χ3v) is 8.35. The zero-order valence-electron chi connectivity index (χ0n) is 14.9. The van der Waals surface area contributed by atoms with Crippen molar-refractivity contribution in [1.29, 1.82) is 0 Å². The van der Waals surface area contributed by atoms with Crippen LogP contribution < -0.4 is 22.9 Å². The van der Waals surface area contributed by atoms with Gasteiger partial charge in [0.2, 0.25) is 23.8 Å². The minimum Gasteiger partial charge on any atom is -0.368 e. The van der Waals surface area contributed by atoms with Crippen molar-refractivity contribution in [2.75, 3.05) is 57.5 Å². The van der Waals surface area contributed by atoms with Gasteiger partial charge >= 0.3 is 0 Å². The molecule has 0 saturated carbocycles. The first-order valence-electron chi connectivity index (χ1n) is 8.06. The molecule has 8 N–H and O–H groups in total. The van der Waals surface area contributed by atoms with Crippen LogP contribution in [0.25, 0.3) is 0 Å². The van der Waals surface area contributed by atoms with Gasteiger partial charge in [-0.3, -0.25) is 0 Å². The molecule has 0 bridgehead atoms. The van der Waals surface area contributed by atoms with Crippen LogP contribution in [0.5, 0.6) is 0 Å². The van der Waals surface area contributed by atoms with E-state index in [1.54, 1.807) is 0 Å². The smallest absolute Gasteiger partial charge is 0.225 e. The summed E-state index contributed by atoms with van der Waals surface area (Å²) < 4.78 is 0. The SMILES string of the molecule is Nc1nc(N)nc(SCCSCC(CSc2nc(N)nc(N)n2)SCCS)n1. The summed E-state index contributed by atoms with van der Waals surface area (Å²) in [6.45, 7) is 0. The molecule has 0 aliphatic heterocycles. The van der Waals surface area contributed by atoms with Crippen LogP contribution >= 0.6 is 59.7 Å². The number of nitrogens with zero attached hydrogens (tertiary/aromatic N) is 6. The van der Waals surface area contributed by atoms with E-state index in [0.29, 0.717) is 15.6 Å². The lowest BCUT2D eigenvalue weighted by atomic mass is 10.5. The molecule has 0 spiro atoms. The third-order valence-electron chi connectivity index (χ3n) is 2.90. The second kappa shape index (κ2) is 12.5. The fraction of sp³-hybridized carbons (Fsp3) is 0.538. The molecule has 0 saturated heterocycles. The number of hydrogen-bond donors (Lipinski definition) is 5. The van der Waals surface area contributed by atoms with Crippen molar-refractivity contribution in [3.05, 3.63) is 0 Å². The van der Waals surface area contributed by atoms with Gasteiger partial charge in [0.15, 0.2) is 10.3 Å². The first kappa shape index (κ1) is 23.3. The van der Waals surface area contributed by atoms with E-state index in [1.807, 2.05) is 23.5 Å². The molecule has 0 fully saturated rings. The van der Waals surface area contributed by atoms with Gasteiger partial charge in [-0.2, -0.15) is 66.1 Å². The normalized spacial score (nSPS) is 12.2. The first-order valence-corrected chi connectivity index (χ1v) is 12.9. The molecule has 2 rings (SSSR count). The lowest BCUT2D eigenvalue weighted by Crippen LogP contribution is -2.13. The second-order valence-corrected chi connectivity index (χ2v) is 10.2. The van der Waals surface area contributed by atoms with Crippen LogP contribution in [-0.2, 0) is 0 Å². The Kier molecular flexibility index (Phi) is 10.4. The Bertz CT molecular complexity index is 711. The van der Waals surface area contributed by atoms with Gasteiger partial charge in [0, 0.05) is 34.0 Å². The van der Waals surface area contributed by atoms with Crippen LogP contribution in [-0.4, -0.2) is 69.7 Å². The molecular weight excluding hydrogens is 457 g/mol. The minimum absolute atomic E-state index is 0.139. The maximum absolute atomic E-state index is 5.62. The molecule has 2 aromatic heterocycles. The van der Waals surface area contributed by atoms with E-state index in [-0.39, 0.29) is 23.8 Å². The fourth-order valence-corrected chi connectivity index (χ4v) is 6.63. The summed E-state index contributed by atoms with van der Waals surface area (Å²) in [5.41, 5.74) is 22.4. The van der Waals surface area contributed by atoms with Gasteiger partial charge in [-0.15, -0.1) is 0 Å². The number of aromatic nitrogens is 6. The van der Waals surface area contributed by atoms with E-state index in [2.05, 4.69) is 42.5 Å². The molecule has 15 heteroatoms. The Labute approximate surface area is 185 Å². The lowest BCUT2D eigenvalue weighted by Gasteiger charge is -2.15. The molecule has 1 atom stereocenters. The predicted molar refractivity (Wildman–Crippen MR) is 126 cm³/mol. The second-order valence-electron chi connectivity index (χ2n) is 5.12. The van der Waals surface area contributed by atoms with Crippen molar-refractivity contribution >= 4 is 83.5 Å². The van der Waals surface area contributed by atoms with E-state index in [9.17, 15) is 0 Å². The number of thioether (sulfide) groups is 4. The van der Waals surface area contributed by atoms with Gasteiger partial charge in [-0.1, -0.05) is 23.5 Å². The van der Waals surface area contributed by atoms with Crippen molar-refractivity contribution in [3.63, 3.8) is 0 Å². The van der Waals surface area contributed by atoms with Crippen molar-refractivity contribution in [2.24, 2.45) is 0 Å². The highest BCUT2D eigenvalue weighted by Crippen LogP contribution is 2.25. The number of anilines is 4. The summed E-state index contributed by atoms with van der Waals surface area (Å²) >= 11 is 11.1. The molecule has 28 heavy (non-hydrogen) atoms. The average Bonchev–Trinajstić information content (AvgIpc) is 2.61. The molecule has 2 aromatic rings. The van der Waals surface area contributed by atoms with Crippen LogP contribution in [0.4, 0.5) is 23.8 Å². The summed E-state index contributed by atoms with van der Waals surface area (Å²) in [5.74, 6) is 6.02. The molecule has 2 heterocycles. The Morgan fingerprint density at radius 2 is 1.21 bits per heavy atom. The number of thiol groups is 1. The molecule has 1 unspecified atom stereocenters. The highest BCUT2D eigenvalue weighted by atomic mass is 32.2. The van der Waals surface area contributed by atoms with E-state index < -0.39 is 0 Å². The monoisotopic (exact) mass is 478 g/mol. The summed E-state index contributed by atoms with van der Waals surface area (Å²) in [4.78, 5) is 23.9. The molecule has 0 aliphatic rings. The van der Waals surface area contributed by atoms with Crippen LogP contribution in [0.2, 0.25) is 0 Å². The largest absolute Gasteiger partial charge is 0.368 e. The van der Waals surface area contributed by atoms with Crippen LogP contribution in [0.1, 0.15) is 0 Å². The standard InChI is InChI=1S/C13H22N10S5/c14-8-18-9(15)21-12(20-8)27-4-3-25-5-7(26-2-1-24)6-28-13-22-10(16)19-11(17)23-13/h7,24H,1-6H2,(H4,14,15,18,20,21)(H4,16,17,19,22,23). The van der Waals surface area contributed by atoms with Gasteiger partial charge < -0.3 is 22.9 Å². The number of nitrogen functional groups attached to an aromatic ring is 4. The predicted octanol–water partition coefficient (Wildman–Crippen LogP) is 1.03. The van der Waals surface area contributed by atoms with Crippen LogP contribution in [0, 0.1) is 0 Å². The Morgan fingerprint density at radius 3 is 1.75 bits per heavy atom. The molecule has 0 amide bonds. The number of nitrogens with two attached hydrogens (primary N) is 4. The zero-order chi connectivity index (χ0) is 20.4. The fourth-order valence-electron chi connectivity index (χ4n) is 1.84. The van der Waals surface area contributed by atoms with Crippen LogP contribution in [0.3, 0.4) is 0 Å². The van der Waals surface area contributed by atoms with E-state index in [4.69, 9.17) is 22.9 Å². The first-order chi connectivity index (χ1) is 13.5. The Balaban J connectivity index is 1.74. The van der Waals surface area contributed by atoms with Gasteiger partial charge in [0.1, 0.15) is 0 Å². The maximum Gasteiger partial charge on any atom is 0.225 e. The van der Waals surface area contributed by atoms with Gasteiger partial charge in [0.25, 0.3) is 0 Å². The topological polar surface area (TPSA) is 181 Å². The van der Waals surface area contributed by atoms with Gasteiger partial charge in [0.05, 0.1) is 0 Å². The summed E-state index contributed by atoms with van der Waals surface area (Å²) in [6, 6.07) is 0. The summed E-state index contributed by atoms with van der Waals surface area (Å²) in [5, 5.41) is 1.52. The molecule has 154 valence electrons.